The van der Waals surface area contributed by atoms with Crippen molar-refractivity contribution in [2.75, 3.05) is 6.26 Å². The van der Waals surface area contributed by atoms with Crippen LogP contribution in [0.3, 0.4) is 0 Å². The molecule has 0 radical (unpaired) electrons. The Morgan fingerprint density at radius 3 is 2.80 bits per heavy atom. The zero-order chi connectivity index (χ0) is 10.7. The van der Waals surface area contributed by atoms with Crippen LogP contribution < -0.4 is 0 Å². The lowest BCUT2D eigenvalue weighted by molar-refractivity contribution is -0.128. The van der Waals surface area contributed by atoms with Gasteiger partial charge in [-0.1, -0.05) is 26.7 Å². The van der Waals surface area contributed by atoms with Crippen molar-refractivity contribution in [3.8, 4) is 0 Å². The smallest absolute Gasteiger partial charge is 0.0688 e. The van der Waals surface area contributed by atoms with Crippen LogP contribution in [0.5, 0.6) is 0 Å². The largest absolute Gasteiger partial charge is 0.276 e. The summed E-state index contributed by atoms with van der Waals surface area (Å²) in [6.07, 6.45) is 9.10. The van der Waals surface area contributed by atoms with Gasteiger partial charge in [0.15, 0.2) is 0 Å². The third-order valence-corrected chi connectivity index (χ3v) is 6.00. The molecular weight excluding hydrogens is 202 g/mol. The monoisotopic (exact) mass is 223 g/mol. The van der Waals surface area contributed by atoms with Gasteiger partial charge in [0, 0.05) is 6.42 Å². The zero-order valence-electron chi connectivity index (χ0n) is 10.0. The summed E-state index contributed by atoms with van der Waals surface area (Å²) in [7, 11) is 0. The molecule has 0 aromatic carbocycles. The highest BCUT2D eigenvalue weighted by Crippen LogP contribution is 2.69. The maximum atomic E-state index is 5.10. The van der Waals surface area contributed by atoms with Crippen molar-refractivity contribution in [2.45, 2.75) is 51.5 Å². The van der Waals surface area contributed by atoms with Gasteiger partial charge in [-0.3, -0.25) is 4.99 Å². The van der Waals surface area contributed by atoms with Gasteiger partial charge in [-0.25, -0.2) is 0 Å². The Hall–Kier alpha value is 0.0200. The van der Waals surface area contributed by atoms with E-state index in [2.05, 4.69) is 20.1 Å². The van der Waals surface area contributed by atoms with E-state index in [4.69, 9.17) is 4.99 Å². The van der Waals surface area contributed by atoms with Crippen LogP contribution in [0, 0.1) is 17.3 Å². The third kappa shape index (κ3) is 1.09. The minimum atomic E-state index is 0.403. The fourth-order valence-corrected chi connectivity index (χ4v) is 5.23. The molecule has 1 aliphatic heterocycles. The molecule has 15 heavy (non-hydrogen) atoms. The first-order valence-electron chi connectivity index (χ1n) is 6.24. The van der Waals surface area contributed by atoms with Crippen LogP contribution in [0.15, 0.2) is 4.99 Å². The standard InChI is InChI=1S/C13H21NS/c1-12(2)9-6-4-5-7-13(9)10(12)8-11(14-13)15-3/h9-10H,4-8H2,1-3H3/t9-,10-,13-/m1/s1. The van der Waals surface area contributed by atoms with Gasteiger partial charge in [-0.15, -0.1) is 11.8 Å². The molecule has 0 aromatic heterocycles. The minimum Gasteiger partial charge on any atom is -0.276 e. The van der Waals surface area contributed by atoms with Gasteiger partial charge in [-0.2, -0.15) is 0 Å². The number of thioether (sulfide) groups is 1. The molecular formula is C13H21NS. The Morgan fingerprint density at radius 2 is 2.07 bits per heavy atom. The molecule has 0 bridgehead atoms. The Morgan fingerprint density at radius 1 is 1.27 bits per heavy atom. The topological polar surface area (TPSA) is 12.4 Å². The van der Waals surface area contributed by atoms with Crippen molar-refractivity contribution in [1.82, 2.24) is 0 Å². The van der Waals surface area contributed by atoms with Crippen LogP contribution in [0.1, 0.15) is 46.0 Å². The number of hydrogen-bond donors (Lipinski definition) is 0. The van der Waals surface area contributed by atoms with Gasteiger partial charge >= 0.3 is 0 Å². The van der Waals surface area contributed by atoms with Gasteiger partial charge < -0.3 is 0 Å². The predicted octanol–water partition coefficient (Wildman–Crippen LogP) is 3.74. The summed E-state index contributed by atoms with van der Waals surface area (Å²) in [5, 5.41) is 1.43. The summed E-state index contributed by atoms with van der Waals surface area (Å²) in [6.45, 7) is 4.95. The molecule has 0 N–H and O–H groups in total. The summed E-state index contributed by atoms with van der Waals surface area (Å²) >= 11 is 1.88. The molecule has 3 atom stereocenters. The predicted molar refractivity (Wildman–Crippen MR) is 67.5 cm³/mol. The number of hydrogen-bond acceptors (Lipinski definition) is 2. The van der Waals surface area contributed by atoms with E-state index in [0.29, 0.717) is 11.0 Å². The van der Waals surface area contributed by atoms with E-state index in [1.807, 2.05) is 11.8 Å². The Balaban J connectivity index is 1.96. The van der Waals surface area contributed by atoms with Crippen molar-refractivity contribution in [1.29, 1.82) is 0 Å². The molecule has 3 rings (SSSR count). The second-order valence-corrected chi connectivity index (χ2v) is 6.96. The molecule has 3 aliphatic rings. The molecule has 2 heteroatoms. The van der Waals surface area contributed by atoms with Crippen molar-refractivity contribution >= 4 is 16.8 Å². The molecule has 0 unspecified atom stereocenters. The Kier molecular flexibility index (Phi) is 2.06. The first kappa shape index (κ1) is 10.2. The van der Waals surface area contributed by atoms with Crippen molar-refractivity contribution in [2.24, 2.45) is 22.2 Å². The van der Waals surface area contributed by atoms with E-state index < -0.39 is 0 Å². The quantitative estimate of drug-likeness (QED) is 0.609. The molecule has 0 amide bonds. The summed E-state index contributed by atoms with van der Waals surface area (Å²) < 4.78 is 0. The molecule has 1 heterocycles. The SMILES string of the molecule is CSC1=N[C@]23CCCC[C@@H]2C(C)(C)[C@H]3C1. The number of aliphatic imine (C=N–C) groups is 1. The van der Waals surface area contributed by atoms with Gasteiger partial charge in [0.1, 0.15) is 0 Å². The van der Waals surface area contributed by atoms with Gasteiger partial charge in [-0.05, 0) is 36.3 Å². The molecule has 2 saturated carbocycles. The molecule has 84 valence electrons. The molecule has 0 saturated heterocycles. The second-order valence-electron chi connectivity index (χ2n) is 6.08. The highest BCUT2D eigenvalue weighted by molar-refractivity contribution is 8.13. The number of rotatable bonds is 0. The van der Waals surface area contributed by atoms with Gasteiger partial charge in [0.05, 0.1) is 10.6 Å². The van der Waals surface area contributed by atoms with Gasteiger partial charge in [0.25, 0.3) is 0 Å². The van der Waals surface area contributed by atoms with E-state index in [9.17, 15) is 0 Å². The van der Waals surface area contributed by atoms with Gasteiger partial charge in [0.2, 0.25) is 0 Å². The Bertz CT molecular complexity index is 320. The van der Waals surface area contributed by atoms with E-state index in [0.717, 1.165) is 11.8 Å². The summed E-state index contributed by atoms with van der Waals surface area (Å²) in [5.41, 5.74) is 0.960. The van der Waals surface area contributed by atoms with Crippen LogP contribution >= 0.6 is 11.8 Å². The average Bonchev–Trinajstić information content (AvgIpc) is 2.55. The first-order valence-corrected chi connectivity index (χ1v) is 7.46. The second kappa shape index (κ2) is 3.03. The van der Waals surface area contributed by atoms with Crippen molar-refractivity contribution in [3.63, 3.8) is 0 Å². The molecule has 2 fully saturated rings. The lowest BCUT2D eigenvalue weighted by atomic mass is 9.41. The fourth-order valence-electron chi connectivity index (χ4n) is 4.64. The number of nitrogens with zero attached hydrogens (tertiary/aromatic N) is 1. The highest BCUT2D eigenvalue weighted by Gasteiger charge is 2.68. The zero-order valence-corrected chi connectivity index (χ0v) is 10.9. The third-order valence-electron chi connectivity index (χ3n) is 5.27. The lowest BCUT2D eigenvalue weighted by Crippen LogP contribution is -2.65. The van der Waals surface area contributed by atoms with E-state index in [1.54, 1.807) is 0 Å². The van der Waals surface area contributed by atoms with Crippen LogP contribution in [0.4, 0.5) is 0 Å². The van der Waals surface area contributed by atoms with Crippen LogP contribution in [0.2, 0.25) is 0 Å². The minimum absolute atomic E-state index is 0.403. The molecule has 1 nitrogen and oxygen atoms in total. The molecule has 0 aromatic rings. The summed E-state index contributed by atoms with van der Waals surface area (Å²) in [5.74, 6) is 1.74. The van der Waals surface area contributed by atoms with E-state index >= 15 is 0 Å². The molecule has 1 spiro atoms. The van der Waals surface area contributed by atoms with E-state index in [-0.39, 0.29) is 0 Å². The highest BCUT2D eigenvalue weighted by atomic mass is 32.2. The van der Waals surface area contributed by atoms with Crippen LogP contribution in [-0.2, 0) is 0 Å². The maximum Gasteiger partial charge on any atom is 0.0688 e. The van der Waals surface area contributed by atoms with Crippen molar-refractivity contribution in [3.05, 3.63) is 0 Å². The fraction of sp³-hybridized carbons (Fsp3) is 0.923. The van der Waals surface area contributed by atoms with Crippen LogP contribution in [0.25, 0.3) is 0 Å². The normalized spacial score (nSPS) is 46.5. The average molecular weight is 223 g/mol. The van der Waals surface area contributed by atoms with Crippen molar-refractivity contribution < 1.29 is 0 Å². The maximum absolute atomic E-state index is 5.10. The van der Waals surface area contributed by atoms with Crippen LogP contribution in [-0.4, -0.2) is 16.8 Å². The summed E-state index contributed by atoms with van der Waals surface area (Å²) in [4.78, 5) is 5.10. The first-order chi connectivity index (χ1) is 7.11. The summed E-state index contributed by atoms with van der Waals surface area (Å²) in [6, 6.07) is 0. The lowest BCUT2D eigenvalue weighted by Gasteiger charge is -2.65. The Labute approximate surface area is 97.1 Å². The van der Waals surface area contributed by atoms with E-state index in [1.165, 1.54) is 37.1 Å². The molecule has 2 aliphatic carbocycles.